The van der Waals surface area contributed by atoms with Crippen molar-refractivity contribution < 1.29 is 8.42 Å². The molecule has 0 heterocycles. The van der Waals surface area contributed by atoms with Gasteiger partial charge in [0.1, 0.15) is 9.84 Å². The van der Waals surface area contributed by atoms with Crippen molar-refractivity contribution >= 4 is 9.84 Å². The second-order valence-corrected chi connectivity index (χ2v) is 7.26. The van der Waals surface area contributed by atoms with Gasteiger partial charge in [0.15, 0.2) is 0 Å². The first-order chi connectivity index (χ1) is 8.37. The van der Waals surface area contributed by atoms with E-state index in [4.69, 9.17) is 5.73 Å². The van der Waals surface area contributed by atoms with Crippen LogP contribution in [-0.2, 0) is 9.84 Å². The van der Waals surface area contributed by atoms with Gasteiger partial charge in [0, 0.05) is 11.8 Å². The fraction of sp³-hybridized carbons (Fsp3) is 0.571. The summed E-state index contributed by atoms with van der Waals surface area (Å²) in [4.78, 5) is 0. The van der Waals surface area contributed by atoms with Gasteiger partial charge >= 0.3 is 0 Å². The lowest BCUT2D eigenvalue weighted by Crippen LogP contribution is -2.16. The second kappa shape index (κ2) is 6.34. The maximum Gasteiger partial charge on any atom is 0.150 e. The molecule has 3 nitrogen and oxygen atoms in total. The molecular formula is C14H23NO2S. The summed E-state index contributed by atoms with van der Waals surface area (Å²) in [5, 5.41) is 0. The standard InChI is InChI=1S/C14H23NO2S/c1-4-18(16,17)10-6-9-13(15)14-11(2)7-5-8-12(14)3/h5,7-8,13H,4,6,9-10,15H2,1-3H3. The molecule has 1 unspecified atom stereocenters. The Hall–Kier alpha value is -0.870. The van der Waals surface area contributed by atoms with E-state index in [1.807, 2.05) is 32.0 Å². The lowest BCUT2D eigenvalue weighted by molar-refractivity contribution is 0.583. The quantitative estimate of drug-likeness (QED) is 0.863. The number of sulfone groups is 1. The van der Waals surface area contributed by atoms with Crippen molar-refractivity contribution in [3.63, 3.8) is 0 Å². The van der Waals surface area contributed by atoms with Gasteiger partial charge in [-0.25, -0.2) is 8.42 Å². The van der Waals surface area contributed by atoms with Crippen molar-refractivity contribution in [3.05, 3.63) is 34.9 Å². The highest BCUT2D eigenvalue weighted by molar-refractivity contribution is 7.91. The van der Waals surface area contributed by atoms with Crippen LogP contribution in [0.3, 0.4) is 0 Å². The van der Waals surface area contributed by atoms with Crippen LogP contribution in [0, 0.1) is 13.8 Å². The largest absolute Gasteiger partial charge is 0.324 e. The lowest BCUT2D eigenvalue weighted by atomic mass is 9.94. The van der Waals surface area contributed by atoms with Crippen LogP contribution in [0.5, 0.6) is 0 Å². The molecule has 0 aliphatic carbocycles. The third-order valence-corrected chi connectivity index (χ3v) is 5.11. The minimum absolute atomic E-state index is 0.0711. The minimum Gasteiger partial charge on any atom is -0.324 e. The lowest BCUT2D eigenvalue weighted by Gasteiger charge is -2.17. The molecule has 0 aliphatic rings. The molecule has 0 saturated carbocycles. The highest BCUT2D eigenvalue weighted by atomic mass is 32.2. The van der Waals surface area contributed by atoms with E-state index in [-0.39, 0.29) is 17.5 Å². The molecule has 1 aromatic carbocycles. The van der Waals surface area contributed by atoms with E-state index < -0.39 is 9.84 Å². The van der Waals surface area contributed by atoms with Gasteiger partial charge in [0.2, 0.25) is 0 Å². The molecule has 1 aromatic rings. The van der Waals surface area contributed by atoms with E-state index >= 15 is 0 Å². The first-order valence-electron chi connectivity index (χ1n) is 6.39. The van der Waals surface area contributed by atoms with Gasteiger partial charge in [-0.1, -0.05) is 25.1 Å². The number of benzene rings is 1. The van der Waals surface area contributed by atoms with Gasteiger partial charge < -0.3 is 5.73 Å². The molecule has 0 aromatic heterocycles. The Labute approximate surface area is 110 Å². The molecule has 4 heteroatoms. The number of aryl methyl sites for hydroxylation is 2. The predicted molar refractivity (Wildman–Crippen MR) is 76.4 cm³/mol. The van der Waals surface area contributed by atoms with E-state index in [9.17, 15) is 8.42 Å². The zero-order chi connectivity index (χ0) is 13.8. The first kappa shape index (κ1) is 15.2. The zero-order valence-corrected chi connectivity index (χ0v) is 12.3. The Kier molecular flexibility index (Phi) is 5.35. The Bertz CT molecular complexity index is 474. The summed E-state index contributed by atoms with van der Waals surface area (Å²) in [6.45, 7) is 5.77. The van der Waals surface area contributed by atoms with Crippen LogP contribution in [0.25, 0.3) is 0 Å². The molecule has 0 amide bonds. The van der Waals surface area contributed by atoms with Crippen LogP contribution in [-0.4, -0.2) is 19.9 Å². The first-order valence-corrected chi connectivity index (χ1v) is 8.21. The molecule has 0 saturated heterocycles. The highest BCUT2D eigenvalue weighted by Crippen LogP contribution is 2.23. The van der Waals surface area contributed by atoms with Gasteiger partial charge in [-0.2, -0.15) is 0 Å². The van der Waals surface area contributed by atoms with Crippen molar-refractivity contribution in [3.8, 4) is 0 Å². The smallest absolute Gasteiger partial charge is 0.150 e. The summed E-state index contributed by atoms with van der Waals surface area (Å²) < 4.78 is 22.8. The van der Waals surface area contributed by atoms with Crippen LogP contribution in [0.2, 0.25) is 0 Å². The van der Waals surface area contributed by atoms with Gasteiger partial charge in [-0.3, -0.25) is 0 Å². The maximum absolute atomic E-state index is 11.4. The predicted octanol–water partition coefficient (Wildman–Crippen LogP) is 2.52. The Balaban J connectivity index is 2.64. The zero-order valence-electron chi connectivity index (χ0n) is 11.4. The maximum atomic E-state index is 11.4. The summed E-state index contributed by atoms with van der Waals surface area (Å²) in [6, 6.07) is 6.04. The van der Waals surface area contributed by atoms with Crippen molar-refractivity contribution in [2.75, 3.05) is 11.5 Å². The Morgan fingerprint density at radius 1 is 1.22 bits per heavy atom. The van der Waals surface area contributed by atoms with Crippen molar-refractivity contribution in [1.29, 1.82) is 0 Å². The van der Waals surface area contributed by atoms with Crippen molar-refractivity contribution in [2.45, 2.75) is 39.7 Å². The number of hydrogen-bond donors (Lipinski definition) is 1. The van der Waals surface area contributed by atoms with Gasteiger partial charge in [0.05, 0.1) is 5.75 Å². The molecule has 0 aliphatic heterocycles. The highest BCUT2D eigenvalue weighted by Gasteiger charge is 2.13. The average molecular weight is 269 g/mol. The van der Waals surface area contributed by atoms with E-state index in [0.29, 0.717) is 12.8 Å². The molecule has 0 radical (unpaired) electrons. The van der Waals surface area contributed by atoms with Crippen molar-refractivity contribution in [1.82, 2.24) is 0 Å². The monoisotopic (exact) mass is 269 g/mol. The summed E-state index contributed by atoms with van der Waals surface area (Å²) in [5.74, 6) is 0.452. The Morgan fingerprint density at radius 2 is 1.78 bits per heavy atom. The van der Waals surface area contributed by atoms with Gasteiger partial charge in [-0.05, 0) is 43.4 Å². The SMILES string of the molecule is CCS(=O)(=O)CCCC(N)c1c(C)cccc1C. The van der Waals surface area contributed by atoms with Crippen LogP contribution >= 0.6 is 0 Å². The van der Waals surface area contributed by atoms with E-state index in [1.54, 1.807) is 6.92 Å². The topological polar surface area (TPSA) is 60.2 Å². The summed E-state index contributed by atoms with van der Waals surface area (Å²) in [5.41, 5.74) is 9.69. The van der Waals surface area contributed by atoms with Crippen LogP contribution in [0.4, 0.5) is 0 Å². The van der Waals surface area contributed by atoms with Gasteiger partial charge in [0.25, 0.3) is 0 Å². The molecule has 0 fully saturated rings. The minimum atomic E-state index is -2.87. The van der Waals surface area contributed by atoms with Crippen molar-refractivity contribution in [2.24, 2.45) is 5.73 Å². The van der Waals surface area contributed by atoms with E-state index in [1.165, 1.54) is 11.1 Å². The molecule has 2 N–H and O–H groups in total. The second-order valence-electron chi connectivity index (χ2n) is 4.79. The molecule has 102 valence electrons. The number of rotatable bonds is 6. The normalized spacial score (nSPS) is 13.6. The third-order valence-electron chi connectivity index (χ3n) is 3.32. The Morgan fingerprint density at radius 3 is 2.28 bits per heavy atom. The fourth-order valence-corrected chi connectivity index (χ4v) is 3.12. The van der Waals surface area contributed by atoms with E-state index in [2.05, 4.69) is 0 Å². The third kappa shape index (κ3) is 4.10. The van der Waals surface area contributed by atoms with Crippen LogP contribution in [0.15, 0.2) is 18.2 Å². The summed E-state index contributed by atoms with van der Waals surface area (Å²) in [7, 11) is -2.87. The summed E-state index contributed by atoms with van der Waals surface area (Å²) >= 11 is 0. The average Bonchev–Trinajstić information content (AvgIpc) is 2.28. The molecule has 1 atom stereocenters. The summed E-state index contributed by atoms with van der Waals surface area (Å²) in [6.07, 6.45) is 1.34. The van der Waals surface area contributed by atoms with Crippen LogP contribution in [0.1, 0.15) is 42.5 Å². The molecule has 1 rings (SSSR count). The fourth-order valence-electron chi connectivity index (χ4n) is 2.22. The van der Waals surface area contributed by atoms with Gasteiger partial charge in [-0.15, -0.1) is 0 Å². The molecule has 0 bridgehead atoms. The number of hydrogen-bond acceptors (Lipinski definition) is 3. The number of nitrogens with two attached hydrogens (primary N) is 1. The molecule has 18 heavy (non-hydrogen) atoms. The van der Waals surface area contributed by atoms with Crippen LogP contribution < -0.4 is 5.73 Å². The molecule has 0 spiro atoms. The van der Waals surface area contributed by atoms with E-state index in [0.717, 1.165) is 5.56 Å². The molecular weight excluding hydrogens is 246 g/mol.